The van der Waals surface area contributed by atoms with Crippen LogP contribution in [0.2, 0.25) is 0 Å². The van der Waals surface area contributed by atoms with Gasteiger partial charge in [0.2, 0.25) is 5.91 Å². The highest BCUT2D eigenvalue weighted by Gasteiger charge is 2.23. The Balaban J connectivity index is 2.16. The highest BCUT2D eigenvalue weighted by atomic mass is 32.2. The van der Waals surface area contributed by atoms with Crippen LogP contribution in [-0.4, -0.2) is 47.3 Å². The summed E-state index contributed by atoms with van der Waals surface area (Å²) < 4.78 is 0. The molecule has 1 aliphatic rings. The van der Waals surface area contributed by atoms with E-state index in [9.17, 15) is 9.90 Å². The molecule has 4 nitrogen and oxygen atoms in total. The molecule has 1 unspecified atom stereocenters. The number of thioether (sulfide) groups is 1. The second kappa shape index (κ2) is 8.12. The summed E-state index contributed by atoms with van der Waals surface area (Å²) >= 11 is 1.74. The molecule has 1 amide bonds. The lowest BCUT2D eigenvalue weighted by Crippen LogP contribution is -2.42. The van der Waals surface area contributed by atoms with E-state index in [4.69, 9.17) is 0 Å². The number of nitrogens with one attached hydrogen (secondary N) is 2. The fourth-order valence-corrected chi connectivity index (χ4v) is 3.51. The molecule has 0 aromatic rings. The first-order valence-corrected chi connectivity index (χ1v) is 8.25. The monoisotopic (exact) mass is 288 g/mol. The van der Waals surface area contributed by atoms with E-state index in [1.807, 2.05) is 0 Å². The molecule has 3 N–H and O–H groups in total. The Labute approximate surface area is 121 Å². The van der Waals surface area contributed by atoms with Crippen molar-refractivity contribution in [3.8, 4) is 0 Å². The van der Waals surface area contributed by atoms with Gasteiger partial charge in [0.15, 0.2) is 0 Å². The zero-order valence-electron chi connectivity index (χ0n) is 12.4. The van der Waals surface area contributed by atoms with Crippen LogP contribution < -0.4 is 10.6 Å². The summed E-state index contributed by atoms with van der Waals surface area (Å²) in [5.74, 6) is 0.964. The Hall–Kier alpha value is -0.260. The molecule has 0 aromatic carbocycles. The maximum absolute atomic E-state index is 11.8. The molecule has 1 heterocycles. The van der Waals surface area contributed by atoms with Crippen LogP contribution in [-0.2, 0) is 4.79 Å². The lowest BCUT2D eigenvalue weighted by atomic mass is 9.94. The smallest absolute Gasteiger partial charge is 0.230 e. The van der Waals surface area contributed by atoms with E-state index in [1.54, 1.807) is 18.7 Å². The predicted molar refractivity (Wildman–Crippen MR) is 81.4 cm³/mol. The van der Waals surface area contributed by atoms with E-state index in [0.29, 0.717) is 29.9 Å². The largest absolute Gasteiger partial charge is 0.388 e. The van der Waals surface area contributed by atoms with Crippen molar-refractivity contribution in [2.24, 2.45) is 5.92 Å². The van der Waals surface area contributed by atoms with Gasteiger partial charge in [-0.2, -0.15) is 0 Å². The highest BCUT2D eigenvalue weighted by Crippen LogP contribution is 2.20. The lowest BCUT2D eigenvalue weighted by Gasteiger charge is -2.26. The maximum Gasteiger partial charge on any atom is 0.230 e. The van der Waals surface area contributed by atoms with Crippen LogP contribution in [0.4, 0.5) is 0 Å². The minimum atomic E-state index is -0.802. The second-order valence-corrected chi connectivity index (χ2v) is 7.42. The number of amides is 1. The van der Waals surface area contributed by atoms with Crippen LogP contribution in [0.15, 0.2) is 0 Å². The Bertz CT molecular complexity index is 277. The third-order valence-corrected chi connectivity index (χ3v) is 4.62. The molecule has 1 atom stereocenters. The number of rotatable bonds is 7. The zero-order valence-corrected chi connectivity index (χ0v) is 13.2. The standard InChI is InChI=1S/C14H28N2O2S/c1-11(2)8-14(3,18)10-16-13(17)9-19-12-4-6-15-7-5-12/h11-12,15,18H,4-10H2,1-3H3,(H,16,17). The van der Waals surface area contributed by atoms with E-state index in [0.717, 1.165) is 25.9 Å². The molecule has 1 saturated heterocycles. The average molecular weight is 288 g/mol. The van der Waals surface area contributed by atoms with Crippen LogP contribution in [0.5, 0.6) is 0 Å². The number of hydrogen-bond donors (Lipinski definition) is 3. The van der Waals surface area contributed by atoms with Gasteiger partial charge >= 0.3 is 0 Å². The van der Waals surface area contributed by atoms with Gasteiger partial charge in [-0.3, -0.25) is 4.79 Å². The van der Waals surface area contributed by atoms with Gasteiger partial charge in [0.05, 0.1) is 11.4 Å². The molecule has 0 aliphatic carbocycles. The number of aliphatic hydroxyl groups is 1. The average Bonchev–Trinajstić information content (AvgIpc) is 2.34. The Morgan fingerprint density at radius 3 is 2.68 bits per heavy atom. The fraction of sp³-hybridized carbons (Fsp3) is 0.929. The van der Waals surface area contributed by atoms with Crippen molar-refractivity contribution < 1.29 is 9.90 Å². The van der Waals surface area contributed by atoms with Gasteiger partial charge in [-0.25, -0.2) is 0 Å². The molecule has 1 fully saturated rings. The fourth-order valence-electron chi connectivity index (χ4n) is 2.45. The first-order chi connectivity index (χ1) is 8.89. The molecular formula is C14H28N2O2S. The van der Waals surface area contributed by atoms with Crippen LogP contribution in [0.1, 0.15) is 40.0 Å². The minimum Gasteiger partial charge on any atom is -0.388 e. The van der Waals surface area contributed by atoms with E-state index in [2.05, 4.69) is 24.5 Å². The quantitative estimate of drug-likeness (QED) is 0.662. The van der Waals surface area contributed by atoms with Gasteiger partial charge in [0.25, 0.3) is 0 Å². The van der Waals surface area contributed by atoms with E-state index >= 15 is 0 Å². The molecule has 0 radical (unpaired) electrons. The van der Waals surface area contributed by atoms with Gasteiger partial charge in [0.1, 0.15) is 0 Å². The molecule has 0 aromatic heterocycles. The summed E-state index contributed by atoms with van der Waals surface area (Å²) in [5.41, 5.74) is -0.802. The number of piperidine rings is 1. The van der Waals surface area contributed by atoms with Crippen LogP contribution in [0.25, 0.3) is 0 Å². The molecule has 1 rings (SSSR count). The summed E-state index contributed by atoms with van der Waals surface area (Å²) in [7, 11) is 0. The van der Waals surface area contributed by atoms with Gasteiger partial charge < -0.3 is 15.7 Å². The number of hydrogen-bond acceptors (Lipinski definition) is 4. The van der Waals surface area contributed by atoms with Crippen LogP contribution in [0.3, 0.4) is 0 Å². The number of carbonyl (C=O) groups is 1. The van der Waals surface area contributed by atoms with Gasteiger partial charge in [-0.1, -0.05) is 13.8 Å². The van der Waals surface area contributed by atoms with Gasteiger partial charge in [-0.05, 0) is 45.2 Å². The van der Waals surface area contributed by atoms with Gasteiger partial charge in [-0.15, -0.1) is 11.8 Å². The molecular weight excluding hydrogens is 260 g/mol. The highest BCUT2D eigenvalue weighted by molar-refractivity contribution is 8.00. The Morgan fingerprint density at radius 2 is 2.11 bits per heavy atom. The lowest BCUT2D eigenvalue weighted by molar-refractivity contribution is -0.119. The normalized spacial score (nSPS) is 20.3. The maximum atomic E-state index is 11.8. The topological polar surface area (TPSA) is 61.4 Å². The van der Waals surface area contributed by atoms with Crippen LogP contribution >= 0.6 is 11.8 Å². The molecule has 112 valence electrons. The van der Waals surface area contributed by atoms with Crippen molar-refractivity contribution in [1.82, 2.24) is 10.6 Å². The first kappa shape index (κ1) is 16.8. The summed E-state index contributed by atoms with van der Waals surface area (Å²) in [6.07, 6.45) is 2.99. The van der Waals surface area contributed by atoms with Crippen molar-refractivity contribution in [2.45, 2.75) is 50.9 Å². The van der Waals surface area contributed by atoms with E-state index < -0.39 is 5.60 Å². The molecule has 0 saturated carbocycles. The number of carbonyl (C=O) groups excluding carboxylic acids is 1. The van der Waals surface area contributed by atoms with Crippen molar-refractivity contribution in [1.29, 1.82) is 0 Å². The molecule has 19 heavy (non-hydrogen) atoms. The first-order valence-electron chi connectivity index (χ1n) is 7.20. The second-order valence-electron chi connectivity index (χ2n) is 6.13. The summed E-state index contributed by atoms with van der Waals surface area (Å²) in [6.45, 7) is 8.39. The Morgan fingerprint density at radius 1 is 1.47 bits per heavy atom. The molecule has 0 spiro atoms. The summed E-state index contributed by atoms with van der Waals surface area (Å²) in [5, 5.41) is 16.9. The predicted octanol–water partition coefficient (Wildman–Crippen LogP) is 1.38. The van der Waals surface area contributed by atoms with Crippen molar-refractivity contribution in [3.05, 3.63) is 0 Å². The van der Waals surface area contributed by atoms with E-state index in [1.165, 1.54) is 0 Å². The van der Waals surface area contributed by atoms with Crippen molar-refractivity contribution in [3.63, 3.8) is 0 Å². The zero-order chi connectivity index (χ0) is 14.3. The van der Waals surface area contributed by atoms with Crippen molar-refractivity contribution in [2.75, 3.05) is 25.4 Å². The minimum absolute atomic E-state index is 0.0348. The molecule has 5 heteroatoms. The Kier molecular flexibility index (Phi) is 7.18. The van der Waals surface area contributed by atoms with Crippen LogP contribution in [0, 0.1) is 5.92 Å². The van der Waals surface area contributed by atoms with Crippen molar-refractivity contribution >= 4 is 17.7 Å². The third kappa shape index (κ3) is 7.80. The summed E-state index contributed by atoms with van der Waals surface area (Å²) in [4.78, 5) is 11.8. The van der Waals surface area contributed by atoms with Gasteiger partial charge in [0, 0.05) is 11.8 Å². The molecule has 0 bridgehead atoms. The SMILES string of the molecule is CC(C)CC(C)(O)CNC(=O)CSC1CCNCC1. The molecule has 1 aliphatic heterocycles. The third-order valence-electron chi connectivity index (χ3n) is 3.25. The summed E-state index contributed by atoms with van der Waals surface area (Å²) in [6, 6.07) is 0. The van der Waals surface area contributed by atoms with E-state index in [-0.39, 0.29) is 5.91 Å².